The summed E-state index contributed by atoms with van der Waals surface area (Å²) in [5.74, 6) is 2.08. The highest BCUT2D eigenvalue weighted by molar-refractivity contribution is 7.19. The Morgan fingerprint density at radius 2 is 1.81 bits per heavy atom. The second kappa shape index (κ2) is 6.43. The van der Waals surface area contributed by atoms with E-state index in [0.717, 1.165) is 42.6 Å². The van der Waals surface area contributed by atoms with E-state index in [0.29, 0.717) is 0 Å². The molecule has 26 heavy (non-hydrogen) atoms. The van der Waals surface area contributed by atoms with Crippen molar-refractivity contribution in [2.45, 2.75) is 19.3 Å². The molecule has 2 aliphatic rings. The lowest BCUT2D eigenvalue weighted by atomic mass is 10.1. The monoisotopic (exact) mass is 366 g/mol. The number of ether oxygens (including phenoxy) is 1. The van der Waals surface area contributed by atoms with Crippen LogP contribution < -0.4 is 14.5 Å². The third-order valence-corrected chi connectivity index (χ3v) is 6.69. The Hall–Kier alpha value is -2.34. The SMILES string of the molecule is COc1ccccc1N1CCN(c2ncnc3sc4c(c23)CCC4)CC1. The molecule has 5 rings (SSSR count). The van der Waals surface area contributed by atoms with E-state index in [4.69, 9.17) is 9.72 Å². The van der Waals surface area contributed by atoms with Crippen LogP contribution in [0.2, 0.25) is 0 Å². The van der Waals surface area contributed by atoms with Crippen molar-refractivity contribution in [2.75, 3.05) is 43.1 Å². The molecule has 3 heterocycles. The van der Waals surface area contributed by atoms with Crippen LogP contribution in [0.1, 0.15) is 16.9 Å². The normalized spacial score (nSPS) is 17.0. The number of rotatable bonds is 3. The Labute approximate surface area is 157 Å². The molecule has 1 aromatic carbocycles. The summed E-state index contributed by atoms with van der Waals surface area (Å²) in [7, 11) is 1.74. The number of anilines is 2. The largest absolute Gasteiger partial charge is 0.495 e. The molecule has 5 nitrogen and oxygen atoms in total. The molecule has 0 unspecified atom stereocenters. The fourth-order valence-electron chi connectivity index (χ4n) is 4.20. The topological polar surface area (TPSA) is 41.5 Å². The van der Waals surface area contributed by atoms with Crippen molar-refractivity contribution in [2.24, 2.45) is 0 Å². The van der Waals surface area contributed by atoms with Gasteiger partial charge in [-0.25, -0.2) is 9.97 Å². The Morgan fingerprint density at radius 3 is 2.65 bits per heavy atom. The van der Waals surface area contributed by atoms with E-state index >= 15 is 0 Å². The zero-order chi connectivity index (χ0) is 17.5. The maximum absolute atomic E-state index is 5.53. The lowest BCUT2D eigenvalue weighted by molar-refractivity contribution is 0.413. The fourth-order valence-corrected chi connectivity index (χ4v) is 5.43. The van der Waals surface area contributed by atoms with Gasteiger partial charge in [0, 0.05) is 31.1 Å². The number of piperazine rings is 1. The molecule has 1 aliphatic carbocycles. The molecule has 1 fully saturated rings. The fraction of sp³-hybridized carbons (Fsp3) is 0.400. The van der Waals surface area contributed by atoms with Crippen LogP contribution in [0.25, 0.3) is 10.2 Å². The first-order chi connectivity index (χ1) is 12.8. The second-order valence-electron chi connectivity index (χ2n) is 6.88. The van der Waals surface area contributed by atoms with Crippen LogP contribution in [0.15, 0.2) is 30.6 Å². The average molecular weight is 366 g/mol. The highest BCUT2D eigenvalue weighted by atomic mass is 32.1. The molecule has 0 radical (unpaired) electrons. The van der Waals surface area contributed by atoms with E-state index in [9.17, 15) is 0 Å². The van der Waals surface area contributed by atoms with Gasteiger partial charge in [0.05, 0.1) is 18.2 Å². The first kappa shape index (κ1) is 15.9. The average Bonchev–Trinajstić information content (AvgIpc) is 3.29. The minimum atomic E-state index is 0.945. The molecule has 0 atom stereocenters. The number of aromatic nitrogens is 2. The number of nitrogens with zero attached hydrogens (tertiary/aromatic N) is 4. The minimum Gasteiger partial charge on any atom is -0.495 e. The van der Waals surface area contributed by atoms with Crippen molar-refractivity contribution in [1.29, 1.82) is 0 Å². The highest BCUT2D eigenvalue weighted by Gasteiger charge is 2.26. The molecule has 0 amide bonds. The van der Waals surface area contributed by atoms with E-state index < -0.39 is 0 Å². The predicted molar refractivity (Wildman–Crippen MR) is 107 cm³/mol. The van der Waals surface area contributed by atoms with Crippen LogP contribution in [0.3, 0.4) is 0 Å². The molecule has 0 N–H and O–H groups in total. The van der Waals surface area contributed by atoms with Crippen LogP contribution >= 0.6 is 11.3 Å². The molecule has 0 saturated carbocycles. The Kier molecular flexibility index (Phi) is 3.93. The Balaban J connectivity index is 1.42. The molecule has 3 aromatic rings. The van der Waals surface area contributed by atoms with Crippen molar-refractivity contribution in [3.05, 3.63) is 41.0 Å². The summed E-state index contributed by atoms with van der Waals surface area (Å²) in [4.78, 5) is 16.8. The van der Waals surface area contributed by atoms with Crippen LogP contribution in [-0.4, -0.2) is 43.3 Å². The van der Waals surface area contributed by atoms with E-state index in [2.05, 4.69) is 26.9 Å². The third-order valence-electron chi connectivity index (χ3n) is 5.49. The summed E-state index contributed by atoms with van der Waals surface area (Å²) < 4.78 is 5.53. The standard InChI is InChI=1S/C20H22N4OS/c1-25-16-7-3-2-6-15(16)23-9-11-24(12-10-23)19-18-14-5-4-8-17(14)26-20(18)22-13-21-19/h2-3,6-7,13H,4-5,8-12H2,1H3. The summed E-state index contributed by atoms with van der Waals surface area (Å²) in [6.45, 7) is 3.87. The van der Waals surface area contributed by atoms with Crippen molar-refractivity contribution >= 4 is 33.1 Å². The summed E-state index contributed by atoms with van der Waals surface area (Å²) >= 11 is 1.86. The van der Waals surface area contributed by atoms with E-state index in [1.807, 2.05) is 23.5 Å². The smallest absolute Gasteiger partial charge is 0.142 e. The second-order valence-corrected chi connectivity index (χ2v) is 7.96. The van der Waals surface area contributed by atoms with Gasteiger partial charge in [0.2, 0.25) is 0 Å². The summed E-state index contributed by atoms with van der Waals surface area (Å²) in [5, 5.41) is 1.32. The van der Waals surface area contributed by atoms with Gasteiger partial charge < -0.3 is 14.5 Å². The van der Waals surface area contributed by atoms with Crippen molar-refractivity contribution in [1.82, 2.24) is 9.97 Å². The quantitative estimate of drug-likeness (QED) is 0.709. The number of fused-ring (bicyclic) bond motifs is 3. The van der Waals surface area contributed by atoms with Gasteiger partial charge in [0.25, 0.3) is 0 Å². The lowest BCUT2D eigenvalue weighted by Crippen LogP contribution is -2.47. The molecule has 1 saturated heterocycles. The molecule has 134 valence electrons. The van der Waals surface area contributed by atoms with E-state index in [1.54, 1.807) is 13.4 Å². The Morgan fingerprint density at radius 1 is 1.00 bits per heavy atom. The Bertz CT molecular complexity index is 946. The summed E-state index contributed by atoms with van der Waals surface area (Å²) in [6.07, 6.45) is 5.39. The number of thiophene rings is 1. The van der Waals surface area contributed by atoms with Gasteiger partial charge in [-0.1, -0.05) is 12.1 Å². The van der Waals surface area contributed by atoms with Gasteiger partial charge in [-0.15, -0.1) is 11.3 Å². The molecule has 6 heteroatoms. The van der Waals surface area contributed by atoms with Crippen LogP contribution in [0.4, 0.5) is 11.5 Å². The first-order valence-corrected chi connectivity index (χ1v) is 10.0. The van der Waals surface area contributed by atoms with Crippen molar-refractivity contribution < 1.29 is 4.74 Å². The van der Waals surface area contributed by atoms with Crippen LogP contribution in [-0.2, 0) is 12.8 Å². The van der Waals surface area contributed by atoms with Gasteiger partial charge in [0.15, 0.2) is 0 Å². The summed E-state index contributed by atoms with van der Waals surface area (Å²) in [5.41, 5.74) is 2.69. The number of hydrogen-bond acceptors (Lipinski definition) is 6. The molecule has 0 spiro atoms. The van der Waals surface area contributed by atoms with Gasteiger partial charge in [0.1, 0.15) is 22.7 Å². The zero-order valence-corrected chi connectivity index (χ0v) is 15.8. The van der Waals surface area contributed by atoms with E-state index in [-0.39, 0.29) is 0 Å². The predicted octanol–water partition coefficient (Wildman–Crippen LogP) is 3.52. The maximum atomic E-state index is 5.53. The van der Waals surface area contributed by atoms with Crippen LogP contribution in [0.5, 0.6) is 5.75 Å². The molecule has 1 aliphatic heterocycles. The molecular weight excluding hydrogens is 344 g/mol. The number of benzene rings is 1. The van der Waals surface area contributed by atoms with Gasteiger partial charge in [-0.05, 0) is 37.0 Å². The lowest BCUT2D eigenvalue weighted by Gasteiger charge is -2.37. The number of methoxy groups -OCH3 is 1. The number of hydrogen-bond donors (Lipinski definition) is 0. The highest BCUT2D eigenvalue weighted by Crippen LogP contribution is 2.40. The van der Waals surface area contributed by atoms with Gasteiger partial charge in [-0.2, -0.15) is 0 Å². The third kappa shape index (κ3) is 2.51. The molecule has 0 bridgehead atoms. The van der Waals surface area contributed by atoms with Gasteiger partial charge in [-0.3, -0.25) is 0 Å². The summed E-state index contributed by atoms with van der Waals surface area (Å²) in [6, 6.07) is 8.27. The van der Waals surface area contributed by atoms with Gasteiger partial charge >= 0.3 is 0 Å². The number of aryl methyl sites for hydroxylation is 2. The van der Waals surface area contributed by atoms with E-state index in [1.165, 1.54) is 40.8 Å². The van der Waals surface area contributed by atoms with Crippen molar-refractivity contribution in [3.63, 3.8) is 0 Å². The van der Waals surface area contributed by atoms with Crippen molar-refractivity contribution in [3.8, 4) is 5.75 Å². The minimum absolute atomic E-state index is 0.945. The zero-order valence-electron chi connectivity index (χ0n) is 14.9. The van der Waals surface area contributed by atoms with Crippen LogP contribution in [0, 0.1) is 0 Å². The molecule has 2 aromatic heterocycles. The molecular formula is C20H22N4OS. The number of para-hydroxylation sites is 2. The maximum Gasteiger partial charge on any atom is 0.142 e. The first-order valence-electron chi connectivity index (χ1n) is 9.23.